The second-order valence-electron chi connectivity index (χ2n) is 4.22. The summed E-state index contributed by atoms with van der Waals surface area (Å²) >= 11 is 0. The number of fused-ring (bicyclic) bond motifs is 1. The van der Waals surface area contributed by atoms with Crippen molar-refractivity contribution in [1.29, 1.82) is 0 Å². The largest absolute Gasteiger partial charge is 0.394 e. The van der Waals surface area contributed by atoms with Gasteiger partial charge in [-0.3, -0.25) is 4.57 Å². The Bertz CT molecular complexity index is 572. The Kier molecular flexibility index (Phi) is 2.62. The van der Waals surface area contributed by atoms with E-state index in [1.807, 2.05) is 0 Å². The fourth-order valence-electron chi connectivity index (χ4n) is 2.15. The molecule has 1 saturated heterocycles. The number of aliphatic hydroxyl groups is 2. The summed E-state index contributed by atoms with van der Waals surface area (Å²) in [5, 5.41) is 19.0. The molecule has 8 nitrogen and oxygen atoms in total. The van der Waals surface area contributed by atoms with Gasteiger partial charge in [-0.15, -0.1) is 0 Å². The Morgan fingerprint density at radius 3 is 3.00 bits per heavy atom. The van der Waals surface area contributed by atoms with Gasteiger partial charge in [0.25, 0.3) is 0 Å². The first kappa shape index (κ1) is 11.3. The van der Waals surface area contributed by atoms with Crippen molar-refractivity contribution in [2.24, 2.45) is 0 Å². The molecule has 8 heteroatoms. The maximum atomic E-state index is 9.93. The van der Waals surface area contributed by atoms with Crippen LogP contribution in [0.2, 0.25) is 0 Å². The fourth-order valence-corrected chi connectivity index (χ4v) is 2.15. The Morgan fingerprint density at radius 1 is 1.44 bits per heavy atom. The Labute approximate surface area is 102 Å². The number of hydrogen-bond acceptors (Lipinski definition) is 7. The Balaban J connectivity index is 2.02. The average molecular weight is 251 g/mol. The standard InChI is InChI=1S/C10H13N5O3/c11-8-7-9(13-3-12-8)15(4-14-7)10-6(17)1-5(2-16)18-10/h3-6,10,16-17H,1-2H2,(H2,11,12,13)/t5-,6?,10+/m0/s1. The molecule has 0 bridgehead atoms. The zero-order valence-electron chi connectivity index (χ0n) is 9.47. The minimum atomic E-state index is -0.712. The highest BCUT2D eigenvalue weighted by molar-refractivity contribution is 5.81. The van der Waals surface area contributed by atoms with Crippen LogP contribution in [0.1, 0.15) is 12.6 Å². The molecule has 1 aliphatic rings. The van der Waals surface area contributed by atoms with Crippen LogP contribution in [0.25, 0.3) is 11.2 Å². The highest BCUT2D eigenvalue weighted by Gasteiger charge is 2.35. The molecule has 0 amide bonds. The molecule has 0 aromatic carbocycles. The van der Waals surface area contributed by atoms with Gasteiger partial charge in [0, 0.05) is 6.42 Å². The number of hydrogen-bond donors (Lipinski definition) is 3. The molecular weight excluding hydrogens is 238 g/mol. The number of nitrogen functional groups attached to an aromatic ring is 1. The van der Waals surface area contributed by atoms with Crippen molar-refractivity contribution >= 4 is 17.0 Å². The van der Waals surface area contributed by atoms with E-state index in [2.05, 4.69) is 15.0 Å². The summed E-state index contributed by atoms with van der Waals surface area (Å²) in [5.41, 5.74) is 6.66. The maximum Gasteiger partial charge on any atom is 0.167 e. The van der Waals surface area contributed by atoms with E-state index in [0.717, 1.165) is 0 Å². The topological polar surface area (TPSA) is 119 Å². The van der Waals surface area contributed by atoms with Crippen LogP contribution in [0.4, 0.5) is 5.82 Å². The number of anilines is 1. The first-order valence-electron chi connectivity index (χ1n) is 5.58. The predicted octanol–water partition coefficient (Wildman–Crippen LogP) is -0.951. The Hall–Kier alpha value is -1.77. The lowest BCUT2D eigenvalue weighted by Gasteiger charge is -2.16. The molecule has 1 unspecified atom stereocenters. The highest BCUT2D eigenvalue weighted by atomic mass is 16.5. The molecule has 96 valence electrons. The third kappa shape index (κ3) is 1.62. The summed E-state index contributed by atoms with van der Waals surface area (Å²) in [4.78, 5) is 12.0. The molecule has 3 rings (SSSR count). The number of aromatic nitrogens is 4. The van der Waals surface area contributed by atoms with Crippen molar-refractivity contribution in [3.8, 4) is 0 Å². The molecule has 0 saturated carbocycles. The number of nitrogens with two attached hydrogens (primary N) is 1. The minimum Gasteiger partial charge on any atom is -0.394 e. The molecule has 0 spiro atoms. The van der Waals surface area contributed by atoms with E-state index in [1.54, 1.807) is 4.57 Å². The van der Waals surface area contributed by atoms with E-state index in [4.69, 9.17) is 15.6 Å². The van der Waals surface area contributed by atoms with Crippen molar-refractivity contribution in [2.75, 3.05) is 12.3 Å². The fraction of sp³-hybridized carbons (Fsp3) is 0.500. The molecule has 0 aliphatic carbocycles. The van der Waals surface area contributed by atoms with Gasteiger partial charge in [0.05, 0.1) is 19.0 Å². The normalized spacial score (nSPS) is 28.0. The van der Waals surface area contributed by atoms with Crippen LogP contribution >= 0.6 is 0 Å². The lowest BCUT2D eigenvalue weighted by molar-refractivity contribution is -0.0486. The molecule has 0 radical (unpaired) electrons. The van der Waals surface area contributed by atoms with Crippen molar-refractivity contribution < 1.29 is 14.9 Å². The molecule has 1 fully saturated rings. The van der Waals surface area contributed by atoms with E-state index in [1.165, 1.54) is 12.7 Å². The number of ether oxygens (including phenoxy) is 1. The van der Waals surface area contributed by atoms with Crippen LogP contribution in [0.3, 0.4) is 0 Å². The van der Waals surface area contributed by atoms with E-state index < -0.39 is 12.3 Å². The molecule has 2 aromatic rings. The zero-order valence-corrected chi connectivity index (χ0v) is 9.47. The van der Waals surface area contributed by atoms with Gasteiger partial charge in [-0.2, -0.15) is 0 Å². The number of imidazole rings is 1. The van der Waals surface area contributed by atoms with Gasteiger partial charge >= 0.3 is 0 Å². The number of rotatable bonds is 2. The third-order valence-corrected chi connectivity index (χ3v) is 3.03. The van der Waals surface area contributed by atoms with Crippen molar-refractivity contribution in [2.45, 2.75) is 24.9 Å². The first-order chi connectivity index (χ1) is 8.70. The van der Waals surface area contributed by atoms with Crippen molar-refractivity contribution in [3.63, 3.8) is 0 Å². The van der Waals surface area contributed by atoms with Gasteiger partial charge < -0.3 is 20.7 Å². The summed E-state index contributed by atoms with van der Waals surface area (Å²) in [6, 6.07) is 0. The SMILES string of the molecule is Nc1ncnc2c1ncn2[C@@H]1O[C@H](CO)CC1O. The van der Waals surface area contributed by atoms with E-state index in [0.29, 0.717) is 17.6 Å². The zero-order chi connectivity index (χ0) is 12.7. The van der Waals surface area contributed by atoms with Crippen LogP contribution in [-0.4, -0.2) is 48.5 Å². The monoisotopic (exact) mass is 251 g/mol. The second-order valence-corrected chi connectivity index (χ2v) is 4.22. The van der Waals surface area contributed by atoms with Gasteiger partial charge in [-0.25, -0.2) is 15.0 Å². The summed E-state index contributed by atoms with van der Waals surface area (Å²) in [7, 11) is 0. The van der Waals surface area contributed by atoms with Gasteiger partial charge in [0.2, 0.25) is 0 Å². The van der Waals surface area contributed by atoms with E-state index in [9.17, 15) is 5.11 Å². The number of aliphatic hydroxyl groups excluding tert-OH is 2. The molecule has 3 heterocycles. The van der Waals surface area contributed by atoms with Crippen LogP contribution in [0.5, 0.6) is 0 Å². The smallest absolute Gasteiger partial charge is 0.167 e. The molecular formula is C10H13N5O3. The van der Waals surface area contributed by atoms with E-state index in [-0.39, 0.29) is 18.5 Å². The highest BCUT2D eigenvalue weighted by Crippen LogP contribution is 2.31. The van der Waals surface area contributed by atoms with Gasteiger partial charge in [0.15, 0.2) is 17.7 Å². The second kappa shape index (κ2) is 4.16. The van der Waals surface area contributed by atoms with Crippen molar-refractivity contribution in [1.82, 2.24) is 19.5 Å². The van der Waals surface area contributed by atoms with Crippen molar-refractivity contribution in [3.05, 3.63) is 12.7 Å². The predicted molar refractivity (Wildman–Crippen MR) is 61.4 cm³/mol. The summed E-state index contributed by atoms with van der Waals surface area (Å²) in [5.74, 6) is 0.282. The van der Waals surface area contributed by atoms with Gasteiger partial charge in [-0.1, -0.05) is 0 Å². The first-order valence-corrected chi connectivity index (χ1v) is 5.58. The summed E-state index contributed by atoms with van der Waals surface area (Å²) in [6.45, 7) is -0.128. The van der Waals surface area contributed by atoms with E-state index >= 15 is 0 Å². The number of nitrogens with zero attached hydrogens (tertiary/aromatic N) is 4. The molecule has 1 aliphatic heterocycles. The summed E-state index contributed by atoms with van der Waals surface area (Å²) in [6.07, 6.45) is 1.52. The quantitative estimate of drug-likeness (QED) is 0.629. The lowest BCUT2D eigenvalue weighted by atomic mass is 10.2. The molecule has 3 atom stereocenters. The average Bonchev–Trinajstić information content (AvgIpc) is 2.93. The van der Waals surface area contributed by atoms with Crippen LogP contribution in [-0.2, 0) is 4.74 Å². The van der Waals surface area contributed by atoms with Crippen LogP contribution < -0.4 is 5.73 Å². The molecule has 18 heavy (non-hydrogen) atoms. The van der Waals surface area contributed by atoms with Gasteiger partial charge in [0.1, 0.15) is 17.9 Å². The van der Waals surface area contributed by atoms with Crippen LogP contribution in [0.15, 0.2) is 12.7 Å². The molecule has 4 N–H and O–H groups in total. The lowest BCUT2D eigenvalue weighted by Crippen LogP contribution is -2.19. The summed E-state index contributed by atoms with van der Waals surface area (Å²) < 4.78 is 7.14. The minimum absolute atomic E-state index is 0.128. The maximum absolute atomic E-state index is 9.93. The Morgan fingerprint density at radius 2 is 2.28 bits per heavy atom. The third-order valence-electron chi connectivity index (χ3n) is 3.03. The molecule has 2 aromatic heterocycles. The van der Waals surface area contributed by atoms with Gasteiger partial charge in [-0.05, 0) is 0 Å². The van der Waals surface area contributed by atoms with Crippen LogP contribution in [0, 0.1) is 0 Å².